The molecule has 0 saturated heterocycles. The van der Waals surface area contributed by atoms with Gasteiger partial charge < -0.3 is 10.2 Å². The van der Waals surface area contributed by atoms with Gasteiger partial charge in [0.25, 0.3) is 5.91 Å². The van der Waals surface area contributed by atoms with Gasteiger partial charge in [0.15, 0.2) is 6.54 Å². The van der Waals surface area contributed by atoms with Gasteiger partial charge in [0.05, 0.1) is 11.4 Å². The summed E-state index contributed by atoms with van der Waals surface area (Å²) in [5, 5.41) is 5.12. The summed E-state index contributed by atoms with van der Waals surface area (Å²) in [6.07, 6.45) is 0. The predicted octanol–water partition coefficient (Wildman–Crippen LogP) is 2.41. The van der Waals surface area contributed by atoms with E-state index >= 15 is 0 Å². The number of hydrogen-bond acceptors (Lipinski definition) is 2. The summed E-state index contributed by atoms with van der Waals surface area (Å²) in [5.41, 5.74) is 3.19. The minimum atomic E-state index is 0.0807. The van der Waals surface area contributed by atoms with Crippen LogP contribution in [0.4, 0.5) is 5.69 Å². The van der Waals surface area contributed by atoms with Crippen LogP contribution >= 0.6 is 11.3 Å². The molecule has 21 heavy (non-hydrogen) atoms. The second-order valence-electron chi connectivity index (χ2n) is 5.40. The average Bonchev–Trinajstić information content (AvgIpc) is 2.95. The fraction of sp³-hybridized carbons (Fsp3) is 0.353. The number of rotatable bonds is 6. The lowest BCUT2D eigenvalue weighted by atomic mass is 10.1. The molecule has 0 aliphatic carbocycles. The Morgan fingerprint density at radius 1 is 1.29 bits per heavy atom. The molecule has 1 atom stereocenters. The summed E-state index contributed by atoms with van der Waals surface area (Å²) >= 11 is 1.75. The van der Waals surface area contributed by atoms with Crippen molar-refractivity contribution in [1.82, 2.24) is 0 Å². The molecule has 0 saturated carbocycles. The molecule has 3 nitrogen and oxygen atoms in total. The zero-order chi connectivity index (χ0) is 15.2. The standard InChI is InChI=1S/C17H22N2OS/c1-4-19(11-15-6-5-9-21-15)12-17(20)18-16-10-13(2)7-8-14(16)3/h5-10H,4,11-12H2,1-3H3,(H,18,20)/p+1. The first-order valence-electron chi connectivity index (χ1n) is 7.31. The Bertz CT molecular complexity index is 593. The van der Waals surface area contributed by atoms with Gasteiger partial charge in [-0.25, -0.2) is 0 Å². The van der Waals surface area contributed by atoms with Crippen LogP contribution in [-0.2, 0) is 11.3 Å². The summed E-state index contributed by atoms with van der Waals surface area (Å²) in [6, 6.07) is 10.3. The molecule has 4 heteroatoms. The number of likely N-dealkylation sites (N-methyl/N-ethyl adjacent to an activating group) is 1. The Labute approximate surface area is 130 Å². The van der Waals surface area contributed by atoms with Gasteiger partial charge in [-0.15, -0.1) is 11.3 Å². The van der Waals surface area contributed by atoms with Gasteiger partial charge in [0, 0.05) is 5.69 Å². The molecule has 0 radical (unpaired) electrons. The van der Waals surface area contributed by atoms with E-state index in [0.717, 1.165) is 29.9 Å². The first-order chi connectivity index (χ1) is 10.1. The van der Waals surface area contributed by atoms with E-state index in [1.807, 2.05) is 26.0 Å². The quantitative estimate of drug-likeness (QED) is 0.844. The molecule has 112 valence electrons. The Balaban J connectivity index is 1.95. The van der Waals surface area contributed by atoms with Gasteiger partial charge in [0.1, 0.15) is 6.54 Å². The van der Waals surface area contributed by atoms with Crippen LogP contribution in [-0.4, -0.2) is 19.0 Å². The van der Waals surface area contributed by atoms with Gasteiger partial charge in [-0.2, -0.15) is 0 Å². The molecule has 2 rings (SSSR count). The molecule has 1 heterocycles. The Kier molecular flexibility index (Phi) is 5.53. The molecule has 2 aromatic rings. The normalized spacial score (nSPS) is 12.1. The van der Waals surface area contributed by atoms with E-state index in [4.69, 9.17) is 0 Å². The van der Waals surface area contributed by atoms with E-state index in [1.54, 1.807) is 11.3 Å². The van der Waals surface area contributed by atoms with E-state index < -0.39 is 0 Å². The average molecular weight is 303 g/mol. The molecule has 0 aliphatic heterocycles. The van der Waals surface area contributed by atoms with Crippen molar-refractivity contribution in [2.45, 2.75) is 27.3 Å². The monoisotopic (exact) mass is 303 g/mol. The number of nitrogens with one attached hydrogen (secondary N) is 2. The molecule has 0 fully saturated rings. The highest BCUT2D eigenvalue weighted by molar-refractivity contribution is 7.09. The number of carbonyl (C=O) groups excluding carboxylic acids is 1. The van der Waals surface area contributed by atoms with Crippen molar-refractivity contribution in [3.8, 4) is 0 Å². The van der Waals surface area contributed by atoms with Crippen molar-refractivity contribution >= 4 is 22.9 Å². The van der Waals surface area contributed by atoms with Crippen LogP contribution in [0.3, 0.4) is 0 Å². The van der Waals surface area contributed by atoms with Crippen molar-refractivity contribution in [3.63, 3.8) is 0 Å². The van der Waals surface area contributed by atoms with Gasteiger partial charge in [0.2, 0.25) is 0 Å². The fourth-order valence-electron chi connectivity index (χ4n) is 2.26. The SMILES string of the molecule is CC[NH+](CC(=O)Nc1cc(C)ccc1C)Cc1cccs1. The van der Waals surface area contributed by atoms with Gasteiger partial charge in [-0.1, -0.05) is 18.2 Å². The van der Waals surface area contributed by atoms with Crippen molar-refractivity contribution in [2.75, 3.05) is 18.4 Å². The largest absolute Gasteiger partial charge is 0.323 e. The first kappa shape index (κ1) is 15.7. The van der Waals surface area contributed by atoms with Crippen LogP contribution in [0.5, 0.6) is 0 Å². The maximum Gasteiger partial charge on any atom is 0.279 e. The third-order valence-electron chi connectivity index (χ3n) is 3.58. The Morgan fingerprint density at radius 2 is 2.10 bits per heavy atom. The third-order valence-corrected chi connectivity index (χ3v) is 4.46. The molecule has 2 N–H and O–H groups in total. The van der Waals surface area contributed by atoms with Crippen molar-refractivity contribution < 1.29 is 9.69 Å². The highest BCUT2D eigenvalue weighted by Crippen LogP contribution is 2.15. The van der Waals surface area contributed by atoms with Gasteiger partial charge in [-0.3, -0.25) is 4.79 Å². The molecular formula is C17H23N2OS+. The van der Waals surface area contributed by atoms with Crippen LogP contribution < -0.4 is 10.2 Å². The molecule has 0 bridgehead atoms. The maximum absolute atomic E-state index is 12.2. The van der Waals surface area contributed by atoms with E-state index in [1.165, 1.54) is 9.78 Å². The zero-order valence-corrected chi connectivity index (χ0v) is 13.7. The Morgan fingerprint density at radius 3 is 2.76 bits per heavy atom. The van der Waals surface area contributed by atoms with Gasteiger partial charge in [-0.05, 0) is 49.4 Å². The second-order valence-corrected chi connectivity index (χ2v) is 6.44. The molecule has 0 spiro atoms. The van der Waals surface area contributed by atoms with E-state index in [0.29, 0.717) is 6.54 Å². The lowest BCUT2D eigenvalue weighted by Crippen LogP contribution is -3.11. The highest BCUT2D eigenvalue weighted by Gasteiger charge is 2.14. The van der Waals surface area contributed by atoms with Gasteiger partial charge >= 0.3 is 0 Å². The minimum Gasteiger partial charge on any atom is -0.323 e. The molecule has 1 unspecified atom stereocenters. The fourth-order valence-corrected chi connectivity index (χ4v) is 3.04. The molecule has 1 aromatic carbocycles. The van der Waals surface area contributed by atoms with Crippen LogP contribution in [0.1, 0.15) is 22.9 Å². The van der Waals surface area contributed by atoms with E-state index in [-0.39, 0.29) is 5.91 Å². The number of quaternary nitrogens is 1. The van der Waals surface area contributed by atoms with E-state index in [9.17, 15) is 4.79 Å². The number of carbonyl (C=O) groups is 1. The highest BCUT2D eigenvalue weighted by atomic mass is 32.1. The lowest BCUT2D eigenvalue weighted by molar-refractivity contribution is -0.903. The minimum absolute atomic E-state index is 0.0807. The number of hydrogen-bond donors (Lipinski definition) is 2. The summed E-state index contributed by atoms with van der Waals surface area (Å²) < 4.78 is 0. The summed E-state index contributed by atoms with van der Waals surface area (Å²) in [4.78, 5) is 14.8. The van der Waals surface area contributed by atoms with Crippen molar-refractivity contribution in [3.05, 3.63) is 51.7 Å². The summed E-state index contributed by atoms with van der Waals surface area (Å²) in [6.45, 7) is 8.53. The molecule has 1 aromatic heterocycles. The first-order valence-corrected chi connectivity index (χ1v) is 8.19. The maximum atomic E-state index is 12.2. The van der Waals surface area contributed by atoms with Crippen molar-refractivity contribution in [1.29, 1.82) is 0 Å². The Hall–Kier alpha value is -1.65. The predicted molar refractivity (Wildman–Crippen MR) is 88.9 cm³/mol. The molecular weight excluding hydrogens is 280 g/mol. The topological polar surface area (TPSA) is 33.5 Å². The van der Waals surface area contributed by atoms with E-state index in [2.05, 4.69) is 35.8 Å². The third kappa shape index (κ3) is 4.69. The second kappa shape index (κ2) is 7.38. The number of thiophene rings is 1. The van der Waals surface area contributed by atoms with Crippen LogP contribution in [0.15, 0.2) is 35.7 Å². The number of anilines is 1. The summed E-state index contributed by atoms with van der Waals surface area (Å²) in [5.74, 6) is 0.0807. The lowest BCUT2D eigenvalue weighted by Gasteiger charge is -2.17. The molecule has 1 amide bonds. The number of benzene rings is 1. The number of amides is 1. The van der Waals surface area contributed by atoms with Crippen LogP contribution in [0.25, 0.3) is 0 Å². The summed E-state index contributed by atoms with van der Waals surface area (Å²) in [7, 11) is 0. The number of aryl methyl sites for hydroxylation is 2. The molecule has 0 aliphatic rings. The van der Waals surface area contributed by atoms with Crippen LogP contribution in [0, 0.1) is 13.8 Å². The van der Waals surface area contributed by atoms with Crippen molar-refractivity contribution in [2.24, 2.45) is 0 Å². The van der Waals surface area contributed by atoms with Crippen LogP contribution in [0.2, 0.25) is 0 Å². The smallest absolute Gasteiger partial charge is 0.279 e. The zero-order valence-electron chi connectivity index (χ0n) is 12.9.